The maximum atomic E-state index is 12.6. The van der Waals surface area contributed by atoms with Crippen molar-refractivity contribution in [1.82, 2.24) is 20.9 Å². The number of piperidine rings is 1. The predicted octanol–water partition coefficient (Wildman–Crippen LogP) is 2.12. The quantitative estimate of drug-likeness (QED) is 0.519. The standard InChI is InChI=1S/C21H31BrN4O3/c1-3-10-23-21(29)14-26-11-8-18(9-12-26)25-20(28)13-19(24-15(2)27)16-4-6-17(22)7-5-16/h4-7,18-19H,3,8-14H2,1-2H3,(H,23,29)(H,24,27)(H,25,28). The fourth-order valence-corrected chi connectivity index (χ4v) is 3.69. The molecule has 1 aromatic rings. The van der Waals surface area contributed by atoms with Crippen molar-refractivity contribution in [2.45, 2.75) is 51.6 Å². The lowest BCUT2D eigenvalue weighted by Gasteiger charge is -2.32. The molecule has 0 bridgehead atoms. The normalized spacial score (nSPS) is 16.1. The molecule has 3 amide bonds. The highest BCUT2D eigenvalue weighted by Gasteiger charge is 2.24. The lowest BCUT2D eigenvalue weighted by molar-refractivity contribution is -0.125. The van der Waals surface area contributed by atoms with Crippen molar-refractivity contribution in [2.24, 2.45) is 0 Å². The molecule has 0 aliphatic carbocycles. The van der Waals surface area contributed by atoms with Crippen LogP contribution in [-0.2, 0) is 14.4 Å². The number of nitrogens with zero attached hydrogens (tertiary/aromatic N) is 1. The van der Waals surface area contributed by atoms with Gasteiger partial charge >= 0.3 is 0 Å². The van der Waals surface area contributed by atoms with Gasteiger partial charge in [-0.3, -0.25) is 19.3 Å². The van der Waals surface area contributed by atoms with Crippen molar-refractivity contribution in [3.05, 3.63) is 34.3 Å². The van der Waals surface area contributed by atoms with E-state index >= 15 is 0 Å². The molecule has 1 fully saturated rings. The van der Waals surface area contributed by atoms with Crippen molar-refractivity contribution in [2.75, 3.05) is 26.2 Å². The Labute approximate surface area is 181 Å². The van der Waals surface area contributed by atoms with Gasteiger partial charge in [-0.15, -0.1) is 0 Å². The van der Waals surface area contributed by atoms with Crippen LogP contribution >= 0.6 is 15.9 Å². The largest absolute Gasteiger partial charge is 0.355 e. The molecule has 0 radical (unpaired) electrons. The Morgan fingerprint density at radius 2 is 1.79 bits per heavy atom. The van der Waals surface area contributed by atoms with Crippen LogP contribution in [0.15, 0.2) is 28.7 Å². The SMILES string of the molecule is CCCNC(=O)CN1CCC(NC(=O)CC(NC(C)=O)c2ccc(Br)cc2)CC1. The number of halogens is 1. The van der Waals surface area contributed by atoms with Gasteiger partial charge < -0.3 is 16.0 Å². The van der Waals surface area contributed by atoms with Gasteiger partial charge in [0, 0.05) is 37.1 Å². The second-order valence-electron chi connectivity index (χ2n) is 7.48. The van der Waals surface area contributed by atoms with Gasteiger partial charge in [-0.05, 0) is 37.0 Å². The molecule has 0 spiro atoms. The van der Waals surface area contributed by atoms with Crippen LogP contribution in [0, 0.1) is 0 Å². The Balaban J connectivity index is 1.81. The summed E-state index contributed by atoms with van der Waals surface area (Å²) in [6.07, 6.45) is 2.76. The van der Waals surface area contributed by atoms with E-state index in [9.17, 15) is 14.4 Å². The summed E-state index contributed by atoms with van der Waals surface area (Å²) in [5, 5.41) is 8.84. The van der Waals surface area contributed by atoms with Gasteiger partial charge in [-0.25, -0.2) is 0 Å². The van der Waals surface area contributed by atoms with E-state index in [0.717, 1.165) is 42.4 Å². The summed E-state index contributed by atoms with van der Waals surface area (Å²) < 4.78 is 0.947. The highest BCUT2D eigenvalue weighted by Crippen LogP contribution is 2.20. The summed E-state index contributed by atoms with van der Waals surface area (Å²) in [6, 6.07) is 7.34. The lowest BCUT2D eigenvalue weighted by Crippen LogP contribution is -2.47. The summed E-state index contributed by atoms with van der Waals surface area (Å²) in [7, 11) is 0. The number of carbonyl (C=O) groups excluding carboxylic acids is 3. The zero-order valence-electron chi connectivity index (χ0n) is 17.2. The van der Waals surface area contributed by atoms with Crippen LogP contribution in [0.25, 0.3) is 0 Å². The summed E-state index contributed by atoms with van der Waals surface area (Å²) in [4.78, 5) is 38.1. The average Bonchev–Trinajstić information content (AvgIpc) is 2.67. The maximum absolute atomic E-state index is 12.6. The Morgan fingerprint density at radius 1 is 1.14 bits per heavy atom. The van der Waals surface area contributed by atoms with Crippen LogP contribution in [0.5, 0.6) is 0 Å². The van der Waals surface area contributed by atoms with E-state index in [1.165, 1.54) is 6.92 Å². The number of hydrogen-bond acceptors (Lipinski definition) is 4. The molecule has 1 aliphatic rings. The van der Waals surface area contributed by atoms with Gasteiger partial charge in [-0.2, -0.15) is 0 Å². The smallest absolute Gasteiger partial charge is 0.234 e. The molecule has 160 valence electrons. The number of benzene rings is 1. The van der Waals surface area contributed by atoms with Crippen LogP contribution in [0.3, 0.4) is 0 Å². The van der Waals surface area contributed by atoms with E-state index in [2.05, 4.69) is 36.8 Å². The number of nitrogens with one attached hydrogen (secondary N) is 3. The molecule has 1 atom stereocenters. The minimum Gasteiger partial charge on any atom is -0.355 e. The van der Waals surface area contributed by atoms with E-state index in [1.807, 2.05) is 31.2 Å². The second-order valence-corrected chi connectivity index (χ2v) is 8.39. The summed E-state index contributed by atoms with van der Waals surface area (Å²) in [5.41, 5.74) is 0.895. The van der Waals surface area contributed by atoms with Crippen molar-refractivity contribution in [1.29, 1.82) is 0 Å². The van der Waals surface area contributed by atoms with Crippen LogP contribution in [0.1, 0.15) is 51.1 Å². The fourth-order valence-electron chi connectivity index (χ4n) is 3.42. The van der Waals surface area contributed by atoms with Crippen molar-refractivity contribution < 1.29 is 14.4 Å². The molecule has 0 saturated carbocycles. The molecule has 1 heterocycles. The first-order valence-electron chi connectivity index (χ1n) is 10.2. The fraction of sp³-hybridized carbons (Fsp3) is 0.571. The van der Waals surface area contributed by atoms with Gasteiger partial charge in [0.05, 0.1) is 19.0 Å². The van der Waals surface area contributed by atoms with E-state index < -0.39 is 0 Å². The van der Waals surface area contributed by atoms with Gasteiger partial charge in [0.25, 0.3) is 0 Å². The zero-order chi connectivity index (χ0) is 21.2. The molecule has 1 aliphatic heterocycles. The Morgan fingerprint density at radius 3 is 2.38 bits per heavy atom. The molecular formula is C21H31BrN4O3. The van der Waals surface area contributed by atoms with Crippen LogP contribution < -0.4 is 16.0 Å². The molecule has 29 heavy (non-hydrogen) atoms. The first kappa shape index (κ1) is 23.3. The molecule has 1 aromatic carbocycles. The highest BCUT2D eigenvalue weighted by atomic mass is 79.9. The van der Waals surface area contributed by atoms with Gasteiger partial charge in [-0.1, -0.05) is 35.0 Å². The first-order valence-corrected chi connectivity index (χ1v) is 11.0. The maximum Gasteiger partial charge on any atom is 0.234 e. The third-order valence-electron chi connectivity index (χ3n) is 4.93. The third-order valence-corrected chi connectivity index (χ3v) is 5.46. The summed E-state index contributed by atoms with van der Waals surface area (Å²) in [6.45, 7) is 6.17. The molecule has 0 aromatic heterocycles. The Kier molecular flexibility index (Phi) is 9.60. The number of hydrogen-bond donors (Lipinski definition) is 3. The van der Waals surface area contributed by atoms with Crippen LogP contribution in [0.2, 0.25) is 0 Å². The van der Waals surface area contributed by atoms with Crippen molar-refractivity contribution in [3.63, 3.8) is 0 Å². The van der Waals surface area contributed by atoms with Gasteiger partial charge in [0.1, 0.15) is 0 Å². The van der Waals surface area contributed by atoms with E-state index in [-0.39, 0.29) is 36.2 Å². The summed E-state index contributed by atoms with van der Waals surface area (Å²) >= 11 is 3.40. The molecule has 1 saturated heterocycles. The minimum atomic E-state index is -0.358. The highest BCUT2D eigenvalue weighted by molar-refractivity contribution is 9.10. The first-order chi connectivity index (χ1) is 13.9. The third kappa shape index (κ3) is 8.53. The van der Waals surface area contributed by atoms with Crippen LogP contribution in [0.4, 0.5) is 0 Å². The van der Waals surface area contributed by atoms with E-state index in [4.69, 9.17) is 0 Å². The number of rotatable bonds is 9. The van der Waals surface area contributed by atoms with E-state index in [1.54, 1.807) is 0 Å². The van der Waals surface area contributed by atoms with E-state index in [0.29, 0.717) is 13.1 Å². The topological polar surface area (TPSA) is 90.5 Å². The lowest BCUT2D eigenvalue weighted by atomic mass is 10.0. The number of carbonyl (C=O) groups is 3. The van der Waals surface area contributed by atoms with Crippen molar-refractivity contribution >= 4 is 33.7 Å². The Hall–Kier alpha value is -1.93. The predicted molar refractivity (Wildman–Crippen MR) is 116 cm³/mol. The zero-order valence-corrected chi connectivity index (χ0v) is 18.8. The van der Waals surface area contributed by atoms with Gasteiger partial charge in [0.2, 0.25) is 17.7 Å². The second kappa shape index (κ2) is 11.9. The molecule has 2 rings (SSSR count). The molecular weight excluding hydrogens is 436 g/mol. The molecule has 8 heteroatoms. The van der Waals surface area contributed by atoms with Gasteiger partial charge in [0.15, 0.2) is 0 Å². The van der Waals surface area contributed by atoms with Crippen LogP contribution in [-0.4, -0.2) is 54.8 Å². The number of amides is 3. The Bertz CT molecular complexity index is 688. The number of likely N-dealkylation sites (tertiary alicyclic amines) is 1. The minimum absolute atomic E-state index is 0.0574. The monoisotopic (exact) mass is 466 g/mol. The molecule has 7 nitrogen and oxygen atoms in total. The summed E-state index contributed by atoms with van der Waals surface area (Å²) in [5.74, 6) is -0.187. The van der Waals surface area contributed by atoms with Crippen molar-refractivity contribution in [3.8, 4) is 0 Å². The molecule has 1 unspecified atom stereocenters. The average molecular weight is 467 g/mol. The molecule has 3 N–H and O–H groups in total.